The zero-order chi connectivity index (χ0) is 21.0. The number of carbonyl (C=O) groups is 3. The topological polar surface area (TPSA) is 75.7 Å². The van der Waals surface area contributed by atoms with Gasteiger partial charge in [-0.2, -0.15) is 0 Å². The van der Waals surface area contributed by atoms with Crippen molar-refractivity contribution < 1.29 is 19.1 Å². The summed E-state index contributed by atoms with van der Waals surface area (Å²) in [6.45, 7) is 2.05. The molecule has 1 fully saturated rings. The van der Waals surface area contributed by atoms with Gasteiger partial charge in [0.15, 0.2) is 0 Å². The van der Waals surface area contributed by atoms with Gasteiger partial charge >= 0.3 is 0 Å². The zero-order valence-electron chi connectivity index (χ0n) is 15.3. The number of imide groups is 1. The van der Waals surface area contributed by atoms with Gasteiger partial charge in [-0.3, -0.25) is 19.3 Å². The van der Waals surface area contributed by atoms with Crippen LogP contribution in [0.15, 0.2) is 51.8 Å². The molecule has 1 heterocycles. The fourth-order valence-electron chi connectivity index (χ4n) is 2.58. The summed E-state index contributed by atoms with van der Waals surface area (Å²) in [6.07, 6.45) is 1.61. The molecule has 150 valence electrons. The molecule has 0 aromatic heterocycles. The fraction of sp³-hybridized carbons (Fsp3) is 0.150. The first-order valence-electron chi connectivity index (χ1n) is 8.60. The van der Waals surface area contributed by atoms with E-state index in [4.69, 9.17) is 16.3 Å². The summed E-state index contributed by atoms with van der Waals surface area (Å²) in [5.74, 6) is -0.304. The molecule has 1 aliphatic heterocycles. The summed E-state index contributed by atoms with van der Waals surface area (Å²) < 4.78 is 6.21. The van der Waals surface area contributed by atoms with Crippen LogP contribution in [0.3, 0.4) is 0 Å². The lowest BCUT2D eigenvalue weighted by atomic mass is 10.2. The van der Waals surface area contributed by atoms with E-state index in [0.717, 1.165) is 26.7 Å². The van der Waals surface area contributed by atoms with Gasteiger partial charge in [-0.1, -0.05) is 23.7 Å². The number of nitrogens with one attached hydrogen (secondary N) is 1. The summed E-state index contributed by atoms with van der Waals surface area (Å²) in [5, 5.41) is 2.60. The van der Waals surface area contributed by atoms with Crippen molar-refractivity contribution in [2.75, 3.05) is 18.5 Å². The summed E-state index contributed by atoms with van der Waals surface area (Å²) >= 11 is 10.1. The maximum absolute atomic E-state index is 12.6. The van der Waals surface area contributed by atoms with E-state index in [1.807, 2.05) is 6.92 Å². The number of benzene rings is 2. The molecule has 9 heteroatoms. The number of carbonyl (C=O) groups excluding carboxylic acids is 3. The first-order valence-corrected chi connectivity index (χ1v) is 10.6. The third kappa shape index (κ3) is 5.41. The number of halogens is 2. The van der Waals surface area contributed by atoms with Crippen molar-refractivity contribution in [1.29, 1.82) is 0 Å². The number of nitrogens with zero attached hydrogens (tertiary/aromatic N) is 1. The lowest BCUT2D eigenvalue weighted by Crippen LogP contribution is -2.36. The normalized spacial score (nSPS) is 15.1. The molecule has 0 radical (unpaired) electrons. The average Bonchev–Trinajstić information content (AvgIpc) is 2.91. The smallest absolute Gasteiger partial charge is 0.294 e. The van der Waals surface area contributed by atoms with Crippen LogP contribution in [-0.2, 0) is 9.59 Å². The standard InChI is InChI=1S/C20H16BrClN2O4S/c1-2-28-16-7-6-12(8-15(16)21)9-17-19(26)24(20(27)29-17)11-18(25)23-14-5-3-4-13(22)10-14/h3-10H,2,11H2,1H3,(H,23,25)/b17-9-. The first kappa shape index (κ1) is 21.4. The van der Waals surface area contributed by atoms with Crippen molar-refractivity contribution in [1.82, 2.24) is 4.90 Å². The van der Waals surface area contributed by atoms with Gasteiger partial charge in [-0.25, -0.2) is 0 Å². The monoisotopic (exact) mass is 494 g/mol. The molecule has 3 rings (SSSR count). The van der Waals surface area contributed by atoms with Crippen molar-refractivity contribution in [2.45, 2.75) is 6.92 Å². The highest BCUT2D eigenvalue weighted by Crippen LogP contribution is 2.33. The molecule has 6 nitrogen and oxygen atoms in total. The third-order valence-corrected chi connectivity index (χ3v) is 5.60. The van der Waals surface area contributed by atoms with Crippen LogP contribution >= 0.6 is 39.3 Å². The van der Waals surface area contributed by atoms with Crippen molar-refractivity contribution in [2.24, 2.45) is 0 Å². The van der Waals surface area contributed by atoms with Crippen molar-refractivity contribution in [3.8, 4) is 5.75 Å². The van der Waals surface area contributed by atoms with E-state index in [-0.39, 0.29) is 11.4 Å². The number of rotatable bonds is 6. The minimum Gasteiger partial charge on any atom is -0.493 e. The predicted octanol–water partition coefficient (Wildman–Crippen LogP) is 5.18. The Bertz CT molecular complexity index is 1010. The van der Waals surface area contributed by atoms with E-state index < -0.39 is 17.1 Å². The summed E-state index contributed by atoms with van der Waals surface area (Å²) in [7, 11) is 0. The zero-order valence-corrected chi connectivity index (χ0v) is 18.4. The molecule has 3 amide bonds. The number of anilines is 1. The van der Waals surface area contributed by atoms with Gasteiger partial charge in [-0.15, -0.1) is 0 Å². The predicted molar refractivity (Wildman–Crippen MR) is 118 cm³/mol. The van der Waals surface area contributed by atoms with Gasteiger partial charge in [-0.05, 0) is 76.6 Å². The van der Waals surface area contributed by atoms with E-state index >= 15 is 0 Å². The molecule has 1 aliphatic rings. The molecule has 0 spiro atoms. The Kier molecular flexibility index (Phi) is 7.00. The number of thioether (sulfide) groups is 1. The highest BCUT2D eigenvalue weighted by atomic mass is 79.9. The third-order valence-electron chi connectivity index (χ3n) is 3.84. The van der Waals surface area contributed by atoms with Gasteiger partial charge in [0.1, 0.15) is 12.3 Å². The fourth-order valence-corrected chi connectivity index (χ4v) is 4.12. The Morgan fingerprint density at radius 2 is 2.07 bits per heavy atom. The van der Waals surface area contributed by atoms with E-state index in [2.05, 4.69) is 21.2 Å². The molecular formula is C20H16BrClN2O4S. The second-order valence-electron chi connectivity index (χ2n) is 5.95. The van der Waals surface area contributed by atoms with E-state index in [1.165, 1.54) is 0 Å². The second-order valence-corrected chi connectivity index (χ2v) is 8.23. The maximum atomic E-state index is 12.6. The number of hydrogen-bond donors (Lipinski definition) is 1. The Labute approximate surface area is 185 Å². The largest absolute Gasteiger partial charge is 0.493 e. The first-order chi connectivity index (χ1) is 13.9. The molecule has 0 aliphatic carbocycles. The minimum absolute atomic E-state index is 0.251. The number of ether oxygens (including phenoxy) is 1. The Morgan fingerprint density at radius 3 is 2.76 bits per heavy atom. The number of amides is 3. The van der Waals surface area contributed by atoms with Gasteiger partial charge in [0.25, 0.3) is 11.1 Å². The van der Waals surface area contributed by atoms with Crippen LogP contribution in [0.4, 0.5) is 10.5 Å². The van der Waals surface area contributed by atoms with Crippen LogP contribution < -0.4 is 10.1 Å². The number of hydrogen-bond acceptors (Lipinski definition) is 5. The van der Waals surface area contributed by atoms with Crippen molar-refractivity contribution >= 4 is 68.1 Å². The average molecular weight is 496 g/mol. The summed E-state index contributed by atoms with van der Waals surface area (Å²) in [4.78, 5) is 38.2. The minimum atomic E-state index is -0.508. The molecule has 2 aromatic rings. The Balaban J connectivity index is 1.69. The van der Waals surface area contributed by atoms with Gasteiger partial charge in [0.05, 0.1) is 16.0 Å². The summed E-state index contributed by atoms with van der Waals surface area (Å²) in [6, 6.07) is 12.0. The lowest BCUT2D eigenvalue weighted by molar-refractivity contribution is -0.127. The molecule has 1 N–H and O–H groups in total. The van der Waals surface area contributed by atoms with Crippen molar-refractivity contribution in [3.05, 3.63) is 62.4 Å². The molecule has 0 atom stereocenters. The van der Waals surface area contributed by atoms with Crippen molar-refractivity contribution in [3.63, 3.8) is 0 Å². The highest BCUT2D eigenvalue weighted by molar-refractivity contribution is 9.10. The summed E-state index contributed by atoms with van der Waals surface area (Å²) in [5.41, 5.74) is 1.22. The molecule has 0 unspecified atom stereocenters. The quantitative estimate of drug-likeness (QED) is 0.559. The highest BCUT2D eigenvalue weighted by Gasteiger charge is 2.36. The molecule has 29 heavy (non-hydrogen) atoms. The lowest BCUT2D eigenvalue weighted by Gasteiger charge is -2.12. The molecule has 0 bridgehead atoms. The Morgan fingerprint density at radius 1 is 1.28 bits per heavy atom. The van der Waals surface area contributed by atoms with Gasteiger partial charge in [0.2, 0.25) is 5.91 Å². The molecule has 0 saturated carbocycles. The SMILES string of the molecule is CCOc1ccc(/C=C2\SC(=O)N(CC(=O)Nc3cccc(Cl)c3)C2=O)cc1Br. The van der Waals surface area contributed by atoms with Crippen LogP contribution in [0, 0.1) is 0 Å². The Hall–Kier alpha value is -2.29. The van der Waals surface area contributed by atoms with Crippen LogP contribution in [0.1, 0.15) is 12.5 Å². The van der Waals surface area contributed by atoms with E-state index in [0.29, 0.717) is 23.1 Å². The van der Waals surface area contributed by atoms with Crippen LogP contribution in [0.2, 0.25) is 5.02 Å². The van der Waals surface area contributed by atoms with Crippen LogP contribution in [-0.4, -0.2) is 35.1 Å². The van der Waals surface area contributed by atoms with E-state index in [9.17, 15) is 14.4 Å². The maximum Gasteiger partial charge on any atom is 0.294 e. The van der Waals surface area contributed by atoms with Crippen LogP contribution in [0.25, 0.3) is 6.08 Å². The van der Waals surface area contributed by atoms with Gasteiger partial charge in [0, 0.05) is 10.7 Å². The van der Waals surface area contributed by atoms with Crippen LogP contribution in [0.5, 0.6) is 5.75 Å². The van der Waals surface area contributed by atoms with E-state index in [1.54, 1.807) is 48.5 Å². The molecular weight excluding hydrogens is 480 g/mol. The second kappa shape index (κ2) is 9.47. The molecule has 2 aromatic carbocycles. The molecule has 1 saturated heterocycles. The van der Waals surface area contributed by atoms with Gasteiger partial charge < -0.3 is 10.1 Å².